The van der Waals surface area contributed by atoms with Gasteiger partial charge in [-0.2, -0.15) is 0 Å². The smallest absolute Gasteiger partial charge is 0.325 e. The van der Waals surface area contributed by atoms with Gasteiger partial charge in [-0.05, 0) is 30.3 Å². The summed E-state index contributed by atoms with van der Waals surface area (Å²) in [5, 5.41) is 3.07. The van der Waals surface area contributed by atoms with Crippen molar-refractivity contribution in [3.63, 3.8) is 0 Å². The van der Waals surface area contributed by atoms with Crippen molar-refractivity contribution in [1.29, 1.82) is 0 Å². The molecule has 3 amide bonds. The molecule has 0 unspecified atom stereocenters. The van der Waals surface area contributed by atoms with Crippen LogP contribution < -0.4 is 15.0 Å². The average molecular weight is 396 g/mol. The van der Waals surface area contributed by atoms with E-state index in [-0.39, 0.29) is 25.3 Å². The largest absolute Gasteiger partial charge is 0.495 e. The zero-order chi connectivity index (χ0) is 19.6. The Bertz CT molecular complexity index is 894. The summed E-state index contributed by atoms with van der Waals surface area (Å²) in [7, 11) is 1.46. The maximum absolute atomic E-state index is 13.4. The molecular weight excluding hydrogens is 380 g/mol. The molecule has 142 valence electrons. The maximum Gasteiger partial charge on any atom is 0.325 e. The van der Waals surface area contributed by atoms with E-state index >= 15 is 0 Å². The molecule has 1 aliphatic rings. The highest BCUT2D eigenvalue weighted by Gasteiger charge is 2.31. The summed E-state index contributed by atoms with van der Waals surface area (Å²) < 4.78 is 31.6. The molecule has 0 atom stereocenters. The molecule has 1 saturated heterocycles. The lowest BCUT2D eigenvalue weighted by molar-refractivity contribution is -0.116. The quantitative estimate of drug-likeness (QED) is 0.842. The zero-order valence-electron chi connectivity index (χ0n) is 14.3. The molecule has 1 fully saturated rings. The first kappa shape index (κ1) is 18.9. The molecule has 3 rings (SSSR count). The Hall–Kier alpha value is -2.87. The van der Waals surface area contributed by atoms with Gasteiger partial charge in [0.05, 0.1) is 12.8 Å². The third kappa shape index (κ3) is 4.11. The molecule has 2 aromatic carbocycles. The van der Waals surface area contributed by atoms with Crippen LogP contribution in [0.3, 0.4) is 0 Å². The van der Waals surface area contributed by atoms with Crippen LogP contribution in [0.25, 0.3) is 0 Å². The molecule has 0 bridgehead atoms. The highest BCUT2D eigenvalue weighted by atomic mass is 35.5. The Morgan fingerprint density at radius 2 is 1.96 bits per heavy atom. The zero-order valence-corrected chi connectivity index (χ0v) is 15.1. The second kappa shape index (κ2) is 7.79. The summed E-state index contributed by atoms with van der Waals surface area (Å²) in [4.78, 5) is 27.4. The third-order valence-electron chi connectivity index (χ3n) is 4.08. The predicted molar refractivity (Wildman–Crippen MR) is 97.3 cm³/mol. The second-order valence-electron chi connectivity index (χ2n) is 5.85. The minimum Gasteiger partial charge on any atom is -0.495 e. The molecular formula is C18H16ClF2N3O3. The number of nitrogens with one attached hydrogen (secondary N) is 1. The van der Waals surface area contributed by atoms with Gasteiger partial charge in [0, 0.05) is 29.9 Å². The number of carbonyl (C=O) groups excluding carboxylic acids is 2. The van der Waals surface area contributed by atoms with E-state index in [9.17, 15) is 18.4 Å². The van der Waals surface area contributed by atoms with Crippen molar-refractivity contribution in [2.45, 2.75) is 0 Å². The van der Waals surface area contributed by atoms with Gasteiger partial charge in [-0.1, -0.05) is 11.6 Å². The third-order valence-corrected chi connectivity index (χ3v) is 4.31. The highest BCUT2D eigenvalue weighted by Crippen LogP contribution is 2.28. The number of nitrogens with zero attached hydrogens (tertiary/aromatic N) is 2. The van der Waals surface area contributed by atoms with E-state index in [2.05, 4.69) is 5.32 Å². The van der Waals surface area contributed by atoms with Gasteiger partial charge in [-0.3, -0.25) is 9.69 Å². The van der Waals surface area contributed by atoms with E-state index in [1.165, 1.54) is 29.0 Å². The van der Waals surface area contributed by atoms with Gasteiger partial charge in [0.15, 0.2) is 11.6 Å². The summed E-state index contributed by atoms with van der Waals surface area (Å²) in [5.41, 5.74) is 0.623. The van der Waals surface area contributed by atoms with Crippen LogP contribution in [-0.2, 0) is 4.79 Å². The van der Waals surface area contributed by atoms with Gasteiger partial charge < -0.3 is 15.0 Å². The van der Waals surface area contributed by atoms with Crippen LogP contribution in [0.2, 0.25) is 5.02 Å². The van der Waals surface area contributed by atoms with Gasteiger partial charge in [0.25, 0.3) is 0 Å². The molecule has 1 aliphatic heterocycles. The lowest BCUT2D eigenvalue weighted by Gasteiger charge is -2.19. The number of amides is 3. The normalized spacial score (nSPS) is 13.9. The first-order valence-corrected chi connectivity index (χ1v) is 8.41. The number of benzene rings is 2. The van der Waals surface area contributed by atoms with Crippen molar-refractivity contribution < 1.29 is 23.1 Å². The number of rotatable bonds is 5. The van der Waals surface area contributed by atoms with Crippen LogP contribution >= 0.6 is 11.6 Å². The van der Waals surface area contributed by atoms with E-state index in [4.69, 9.17) is 16.3 Å². The van der Waals surface area contributed by atoms with E-state index in [0.29, 0.717) is 16.5 Å². The van der Waals surface area contributed by atoms with Crippen molar-refractivity contribution in [2.75, 3.05) is 37.0 Å². The second-order valence-corrected chi connectivity index (χ2v) is 6.28. The fourth-order valence-corrected chi connectivity index (χ4v) is 2.93. The van der Waals surface area contributed by atoms with Crippen LogP contribution in [0, 0.1) is 11.6 Å². The number of ether oxygens (including phenoxy) is 1. The average Bonchev–Trinajstić information content (AvgIpc) is 2.98. The molecule has 0 saturated carbocycles. The first-order valence-electron chi connectivity index (χ1n) is 8.04. The Morgan fingerprint density at radius 1 is 1.19 bits per heavy atom. The monoisotopic (exact) mass is 395 g/mol. The number of methoxy groups -OCH3 is 1. The molecule has 0 aromatic heterocycles. The SMILES string of the molecule is COc1ccc(Cl)cc1NC(=O)CN1CCN(c2ccc(F)c(F)c2)C1=O. The van der Waals surface area contributed by atoms with Crippen LogP contribution in [-0.4, -0.2) is 43.6 Å². The number of hydrogen-bond acceptors (Lipinski definition) is 3. The molecule has 27 heavy (non-hydrogen) atoms. The summed E-state index contributed by atoms with van der Waals surface area (Å²) in [6.45, 7) is 0.338. The number of anilines is 2. The van der Waals surface area contributed by atoms with E-state index < -0.39 is 23.6 Å². The molecule has 0 radical (unpaired) electrons. The summed E-state index contributed by atoms with van der Waals surface area (Å²) in [6.07, 6.45) is 0. The lowest BCUT2D eigenvalue weighted by Crippen LogP contribution is -2.37. The van der Waals surface area contributed by atoms with E-state index in [0.717, 1.165) is 12.1 Å². The van der Waals surface area contributed by atoms with Gasteiger partial charge >= 0.3 is 6.03 Å². The van der Waals surface area contributed by atoms with Crippen molar-refractivity contribution in [3.05, 3.63) is 53.1 Å². The molecule has 1 heterocycles. The van der Waals surface area contributed by atoms with Crippen molar-refractivity contribution in [2.24, 2.45) is 0 Å². The van der Waals surface area contributed by atoms with Crippen LogP contribution in [0.15, 0.2) is 36.4 Å². The molecule has 0 spiro atoms. The Labute approximate surface area is 159 Å². The Morgan fingerprint density at radius 3 is 2.67 bits per heavy atom. The van der Waals surface area contributed by atoms with Crippen molar-refractivity contribution >= 4 is 34.9 Å². The highest BCUT2D eigenvalue weighted by molar-refractivity contribution is 6.31. The Kier molecular flexibility index (Phi) is 5.46. The number of halogens is 3. The summed E-state index contributed by atoms with van der Waals surface area (Å²) >= 11 is 5.93. The van der Waals surface area contributed by atoms with E-state index in [1.807, 2.05) is 0 Å². The summed E-state index contributed by atoms with van der Waals surface area (Å²) in [6, 6.07) is 7.54. The lowest BCUT2D eigenvalue weighted by atomic mass is 10.3. The maximum atomic E-state index is 13.4. The molecule has 0 aliphatic carbocycles. The standard InChI is InChI=1S/C18H16ClF2N3O3/c1-27-16-5-2-11(19)8-15(16)22-17(25)10-23-6-7-24(18(23)26)12-3-4-13(20)14(21)9-12/h2-5,8-9H,6-7,10H2,1H3,(H,22,25). The van der Waals surface area contributed by atoms with Crippen molar-refractivity contribution in [3.8, 4) is 5.75 Å². The Balaban J connectivity index is 1.66. The van der Waals surface area contributed by atoms with Gasteiger partial charge in [-0.25, -0.2) is 13.6 Å². The number of carbonyl (C=O) groups is 2. The number of urea groups is 1. The van der Waals surface area contributed by atoms with E-state index in [1.54, 1.807) is 12.1 Å². The van der Waals surface area contributed by atoms with Crippen LogP contribution in [0.5, 0.6) is 5.75 Å². The molecule has 1 N–H and O–H groups in total. The van der Waals surface area contributed by atoms with Crippen LogP contribution in [0.1, 0.15) is 0 Å². The number of hydrogen-bond donors (Lipinski definition) is 1. The van der Waals surface area contributed by atoms with Gasteiger partial charge in [0.2, 0.25) is 5.91 Å². The summed E-state index contributed by atoms with van der Waals surface area (Å²) in [5.74, 6) is -2.03. The fraction of sp³-hybridized carbons (Fsp3) is 0.222. The topological polar surface area (TPSA) is 61.9 Å². The van der Waals surface area contributed by atoms with Crippen LogP contribution in [0.4, 0.5) is 25.0 Å². The molecule has 6 nitrogen and oxygen atoms in total. The molecule has 2 aromatic rings. The van der Waals surface area contributed by atoms with Gasteiger partial charge in [-0.15, -0.1) is 0 Å². The minimum absolute atomic E-state index is 0.200. The molecule has 9 heteroatoms. The predicted octanol–water partition coefficient (Wildman–Crippen LogP) is 3.51. The van der Waals surface area contributed by atoms with Crippen molar-refractivity contribution in [1.82, 2.24) is 4.90 Å². The minimum atomic E-state index is -1.04. The van der Waals surface area contributed by atoms with Gasteiger partial charge in [0.1, 0.15) is 12.3 Å². The fourth-order valence-electron chi connectivity index (χ4n) is 2.76. The first-order chi connectivity index (χ1) is 12.9.